The second-order valence-corrected chi connectivity index (χ2v) is 3.61. The number of benzene rings is 1. The van der Waals surface area contributed by atoms with Crippen molar-refractivity contribution in [1.29, 1.82) is 0 Å². The highest BCUT2D eigenvalue weighted by Gasteiger charge is 2.04. The van der Waals surface area contributed by atoms with Crippen molar-refractivity contribution in [2.45, 2.75) is 20.3 Å². The highest BCUT2D eigenvalue weighted by atomic mass is 35.5. The van der Waals surface area contributed by atoms with Crippen LogP contribution in [0.25, 0.3) is 11.0 Å². The molecule has 2 rings (SSSR count). The van der Waals surface area contributed by atoms with Gasteiger partial charge >= 0.3 is 0 Å². The van der Waals surface area contributed by atoms with Gasteiger partial charge in [-0.3, -0.25) is 0 Å². The third-order valence-electron chi connectivity index (χ3n) is 2.20. The Morgan fingerprint density at radius 3 is 2.77 bits per heavy atom. The zero-order valence-electron chi connectivity index (χ0n) is 7.73. The van der Waals surface area contributed by atoms with Gasteiger partial charge in [0, 0.05) is 22.9 Å². The summed E-state index contributed by atoms with van der Waals surface area (Å²) in [6.07, 6.45) is 0.922. The molecule has 13 heavy (non-hydrogen) atoms. The van der Waals surface area contributed by atoms with Crippen molar-refractivity contribution in [3.05, 3.63) is 34.5 Å². The third-order valence-corrected chi connectivity index (χ3v) is 2.60. The van der Waals surface area contributed by atoms with Crippen LogP contribution in [0.4, 0.5) is 0 Å². The van der Waals surface area contributed by atoms with Crippen molar-refractivity contribution >= 4 is 22.6 Å². The van der Waals surface area contributed by atoms with Crippen LogP contribution in [0.15, 0.2) is 22.6 Å². The van der Waals surface area contributed by atoms with Crippen molar-refractivity contribution < 1.29 is 4.42 Å². The molecule has 0 saturated carbocycles. The summed E-state index contributed by atoms with van der Waals surface area (Å²) in [6.45, 7) is 4.08. The largest absolute Gasteiger partial charge is 0.461 e. The van der Waals surface area contributed by atoms with Crippen molar-refractivity contribution in [3.63, 3.8) is 0 Å². The zero-order valence-corrected chi connectivity index (χ0v) is 8.48. The van der Waals surface area contributed by atoms with E-state index in [1.807, 2.05) is 13.0 Å². The fourth-order valence-electron chi connectivity index (χ4n) is 1.41. The number of hydrogen-bond donors (Lipinski definition) is 0. The van der Waals surface area contributed by atoms with E-state index in [1.165, 1.54) is 0 Å². The van der Waals surface area contributed by atoms with Gasteiger partial charge in [-0.25, -0.2) is 0 Å². The first-order valence-corrected chi connectivity index (χ1v) is 4.77. The molecule has 0 radical (unpaired) electrons. The van der Waals surface area contributed by atoms with Crippen molar-refractivity contribution in [3.8, 4) is 0 Å². The van der Waals surface area contributed by atoms with Gasteiger partial charge in [-0.2, -0.15) is 0 Å². The van der Waals surface area contributed by atoms with E-state index < -0.39 is 0 Å². The summed E-state index contributed by atoms with van der Waals surface area (Å²) in [6, 6.07) is 6.00. The zero-order chi connectivity index (χ0) is 9.42. The van der Waals surface area contributed by atoms with Crippen LogP contribution in [0.3, 0.4) is 0 Å². The van der Waals surface area contributed by atoms with E-state index in [0.717, 1.165) is 33.7 Å². The second kappa shape index (κ2) is 3.08. The standard InChI is InChI=1S/C11H11ClO/c1-3-9-5-8-4-7(2)10(12)6-11(8)13-9/h4-6H,3H2,1-2H3. The Labute approximate surface area is 82.3 Å². The monoisotopic (exact) mass is 194 g/mol. The minimum Gasteiger partial charge on any atom is -0.461 e. The predicted octanol–water partition coefficient (Wildman–Crippen LogP) is 3.96. The molecule has 0 unspecified atom stereocenters. The molecule has 1 heterocycles. The lowest BCUT2D eigenvalue weighted by molar-refractivity contribution is 0.557. The Morgan fingerprint density at radius 1 is 1.31 bits per heavy atom. The minimum absolute atomic E-state index is 0.768. The SMILES string of the molecule is CCc1cc2cc(C)c(Cl)cc2o1. The van der Waals surface area contributed by atoms with Gasteiger partial charge in [0.05, 0.1) is 0 Å². The van der Waals surface area contributed by atoms with Crippen LogP contribution < -0.4 is 0 Å². The summed E-state index contributed by atoms with van der Waals surface area (Å²) in [5, 5.41) is 1.91. The van der Waals surface area contributed by atoms with Crippen LogP contribution in [0, 0.1) is 6.92 Å². The molecular weight excluding hydrogens is 184 g/mol. The maximum absolute atomic E-state index is 5.98. The fourth-order valence-corrected chi connectivity index (χ4v) is 1.56. The van der Waals surface area contributed by atoms with Gasteiger partial charge in [0.2, 0.25) is 0 Å². The highest BCUT2D eigenvalue weighted by molar-refractivity contribution is 6.32. The van der Waals surface area contributed by atoms with Crippen LogP contribution in [-0.2, 0) is 6.42 Å². The van der Waals surface area contributed by atoms with Crippen LogP contribution in [0.2, 0.25) is 5.02 Å². The predicted molar refractivity (Wildman–Crippen MR) is 55.3 cm³/mol. The van der Waals surface area contributed by atoms with E-state index >= 15 is 0 Å². The summed E-state index contributed by atoms with van der Waals surface area (Å²) in [4.78, 5) is 0. The number of rotatable bonds is 1. The van der Waals surface area contributed by atoms with Gasteiger partial charge in [0.25, 0.3) is 0 Å². The molecule has 1 nitrogen and oxygen atoms in total. The molecule has 2 heteroatoms. The molecule has 0 aliphatic rings. The Hall–Kier alpha value is -0.950. The number of hydrogen-bond acceptors (Lipinski definition) is 1. The average Bonchev–Trinajstić information content (AvgIpc) is 2.48. The van der Waals surface area contributed by atoms with E-state index in [0.29, 0.717) is 0 Å². The maximum Gasteiger partial charge on any atom is 0.135 e. The van der Waals surface area contributed by atoms with Crippen LogP contribution in [0.5, 0.6) is 0 Å². The molecule has 0 saturated heterocycles. The third kappa shape index (κ3) is 1.44. The number of aryl methyl sites for hydroxylation is 2. The van der Waals surface area contributed by atoms with E-state index in [2.05, 4.69) is 19.1 Å². The molecule has 0 atom stereocenters. The Morgan fingerprint density at radius 2 is 2.08 bits per heavy atom. The molecule has 0 fully saturated rings. The van der Waals surface area contributed by atoms with Crippen LogP contribution >= 0.6 is 11.6 Å². The molecule has 0 aliphatic carbocycles. The second-order valence-electron chi connectivity index (χ2n) is 3.21. The van der Waals surface area contributed by atoms with Crippen LogP contribution in [0.1, 0.15) is 18.2 Å². The molecule has 0 bridgehead atoms. The normalized spacial score (nSPS) is 11.0. The molecule has 0 amide bonds. The fraction of sp³-hybridized carbons (Fsp3) is 0.273. The first-order valence-electron chi connectivity index (χ1n) is 4.39. The smallest absolute Gasteiger partial charge is 0.135 e. The Kier molecular flexibility index (Phi) is 2.04. The van der Waals surface area contributed by atoms with E-state index in [9.17, 15) is 0 Å². The lowest BCUT2D eigenvalue weighted by Crippen LogP contribution is -1.72. The van der Waals surface area contributed by atoms with E-state index in [-0.39, 0.29) is 0 Å². The van der Waals surface area contributed by atoms with Gasteiger partial charge in [-0.05, 0) is 24.6 Å². The summed E-state index contributed by atoms with van der Waals surface area (Å²) >= 11 is 5.98. The topological polar surface area (TPSA) is 13.1 Å². The van der Waals surface area contributed by atoms with E-state index in [4.69, 9.17) is 16.0 Å². The first-order chi connectivity index (χ1) is 6.20. The van der Waals surface area contributed by atoms with Gasteiger partial charge in [0.15, 0.2) is 0 Å². The molecule has 0 spiro atoms. The minimum atomic E-state index is 0.768. The lowest BCUT2D eigenvalue weighted by Gasteiger charge is -1.95. The lowest BCUT2D eigenvalue weighted by atomic mass is 10.2. The van der Waals surface area contributed by atoms with Gasteiger partial charge < -0.3 is 4.42 Å². The molecule has 2 aromatic rings. The molecule has 1 aromatic heterocycles. The number of furan rings is 1. The summed E-state index contributed by atoms with van der Waals surface area (Å²) < 4.78 is 5.57. The van der Waals surface area contributed by atoms with Gasteiger partial charge in [-0.15, -0.1) is 0 Å². The summed E-state index contributed by atoms with van der Waals surface area (Å²) in [5.41, 5.74) is 1.98. The van der Waals surface area contributed by atoms with Gasteiger partial charge in [-0.1, -0.05) is 18.5 Å². The number of fused-ring (bicyclic) bond motifs is 1. The van der Waals surface area contributed by atoms with Crippen molar-refractivity contribution in [1.82, 2.24) is 0 Å². The molecular formula is C11H11ClO. The van der Waals surface area contributed by atoms with Crippen molar-refractivity contribution in [2.24, 2.45) is 0 Å². The van der Waals surface area contributed by atoms with E-state index in [1.54, 1.807) is 0 Å². The molecule has 68 valence electrons. The van der Waals surface area contributed by atoms with Crippen molar-refractivity contribution in [2.75, 3.05) is 0 Å². The Bertz CT molecular complexity index is 404. The van der Waals surface area contributed by atoms with Crippen LogP contribution in [-0.4, -0.2) is 0 Å². The quantitative estimate of drug-likeness (QED) is 0.670. The summed E-state index contributed by atoms with van der Waals surface area (Å²) in [7, 11) is 0. The molecule has 0 aliphatic heterocycles. The summed E-state index contributed by atoms with van der Waals surface area (Å²) in [5.74, 6) is 1.01. The Balaban J connectivity index is 2.70. The van der Waals surface area contributed by atoms with Gasteiger partial charge in [0.1, 0.15) is 11.3 Å². The molecule has 0 N–H and O–H groups in total. The highest BCUT2D eigenvalue weighted by Crippen LogP contribution is 2.26. The first kappa shape index (κ1) is 8.64. The maximum atomic E-state index is 5.98. The average molecular weight is 195 g/mol. The molecule has 1 aromatic carbocycles. The number of halogens is 1.